The van der Waals surface area contributed by atoms with Crippen LogP contribution in [0.15, 0.2) is 30.6 Å². The maximum absolute atomic E-state index is 10.4. The van der Waals surface area contributed by atoms with Crippen LogP contribution in [0, 0.1) is 0 Å². The van der Waals surface area contributed by atoms with E-state index in [1.165, 1.54) is 0 Å². The van der Waals surface area contributed by atoms with Crippen molar-refractivity contribution in [2.75, 3.05) is 6.61 Å². The van der Waals surface area contributed by atoms with Crippen molar-refractivity contribution in [1.29, 1.82) is 0 Å². The van der Waals surface area contributed by atoms with Crippen molar-refractivity contribution >= 4 is 19.4 Å². The number of aromatic nitrogens is 2. The molecule has 6 heteroatoms. The van der Waals surface area contributed by atoms with Gasteiger partial charge in [0.05, 0.1) is 30.1 Å². The lowest BCUT2D eigenvalue weighted by atomic mass is 10.2. The molecule has 0 aliphatic carbocycles. The Labute approximate surface area is 144 Å². The quantitative estimate of drug-likeness (QED) is 0.856. The average molecular weight is 349 g/mol. The smallest absolute Gasteiger partial charge is 0.192 e. The fourth-order valence-electron chi connectivity index (χ4n) is 2.75. The summed E-state index contributed by atoms with van der Waals surface area (Å²) in [5.74, 6) is 0. The summed E-state index contributed by atoms with van der Waals surface area (Å²) in [6.07, 6.45) is 1.36. The number of aliphatic hydroxyl groups excluding tert-OH is 1. The average Bonchev–Trinajstić information content (AvgIpc) is 3.07. The normalized spacial score (nSPS) is 25.5. The van der Waals surface area contributed by atoms with E-state index in [2.05, 4.69) is 38.8 Å². The molecule has 3 atom stereocenters. The monoisotopic (exact) mass is 348 g/mol. The lowest BCUT2D eigenvalue weighted by Crippen LogP contribution is -2.43. The minimum absolute atomic E-state index is 0.149. The molecule has 1 aromatic heterocycles. The summed E-state index contributed by atoms with van der Waals surface area (Å²) in [6.45, 7) is 11.5. The minimum atomic E-state index is -1.84. The second-order valence-electron chi connectivity index (χ2n) is 8.14. The van der Waals surface area contributed by atoms with E-state index < -0.39 is 14.4 Å². The molecule has 2 heterocycles. The Bertz CT molecular complexity index is 708. The van der Waals surface area contributed by atoms with Crippen LogP contribution in [0.5, 0.6) is 0 Å². The molecule has 0 radical (unpaired) electrons. The molecule has 1 saturated heterocycles. The van der Waals surface area contributed by atoms with Gasteiger partial charge in [-0.25, -0.2) is 4.98 Å². The standard InChI is InChI=1S/C18H28N2O3Si/c1-18(2,3)24(4,5)22-11-16-15(21)10-17(23-16)20-12-19-13-8-6-7-9-14(13)20/h6-9,12,15-17,21H,10-11H2,1-5H3/t15-,16+,17-/m0/s1. The number of hydrogen-bond donors (Lipinski definition) is 1. The second kappa shape index (κ2) is 6.26. The summed E-state index contributed by atoms with van der Waals surface area (Å²) in [4.78, 5) is 4.41. The van der Waals surface area contributed by atoms with Crippen LogP contribution in [0.25, 0.3) is 11.0 Å². The van der Waals surface area contributed by atoms with Gasteiger partial charge in [0.1, 0.15) is 12.3 Å². The topological polar surface area (TPSA) is 56.5 Å². The number of aliphatic hydroxyl groups is 1. The first kappa shape index (κ1) is 17.6. The van der Waals surface area contributed by atoms with Gasteiger partial charge in [0.15, 0.2) is 8.32 Å². The van der Waals surface area contributed by atoms with Crippen molar-refractivity contribution < 1.29 is 14.3 Å². The van der Waals surface area contributed by atoms with Gasteiger partial charge in [-0.2, -0.15) is 0 Å². The van der Waals surface area contributed by atoms with Gasteiger partial charge in [0.25, 0.3) is 0 Å². The van der Waals surface area contributed by atoms with Gasteiger partial charge in [-0.3, -0.25) is 0 Å². The first-order chi connectivity index (χ1) is 11.2. The van der Waals surface area contributed by atoms with Gasteiger partial charge in [-0.05, 0) is 30.3 Å². The highest BCUT2D eigenvalue weighted by molar-refractivity contribution is 6.74. The summed E-state index contributed by atoms with van der Waals surface area (Å²) >= 11 is 0. The number of ether oxygens (including phenoxy) is 1. The third-order valence-corrected chi connectivity index (χ3v) is 9.91. The van der Waals surface area contributed by atoms with Crippen LogP contribution in [-0.4, -0.2) is 41.8 Å². The molecule has 2 aromatic rings. The molecule has 132 valence electrons. The van der Waals surface area contributed by atoms with Crippen molar-refractivity contribution in [2.45, 2.75) is 63.8 Å². The predicted octanol–water partition coefficient (Wildman–Crippen LogP) is 3.71. The number of benzene rings is 1. The van der Waals surface area contributed by atoms with Crippen LogP contribution in [0.4, 0.5) is 0 Å². The Morgan fingerprint density at radius 2 is 2.04 bits per heavy atom. The highest BCUT2D eigenvalue weighted by Crippen LogP contribution is 2.38. The van der Waals surface area contributed by atoms with Crippen LogP contribution in [0.1, 0.15) is 33.4 Å². The van der Waals surface area contributed by atoms with E-state index in [1.54, 1.807) is 6.33 Å². The number of nitrogens with zero attached hydrogens (tertiary/aromatic N) is 2. The Balaban J connectivity index is 1.69. The first-order valence-corrected chi connectivity index (χ1v) is 11.5. The van der Waals surface area contributed by atoms with Gasteiger partial charge < -0.3 is 18.8 Å². The van der Waals surface area contributed by atoms with E-state index >= 15 is 0 Å². The highest BCUT2D eigenvalue weighted by Gasteiger charge is 2.41. The molecule has 0 saturated carbocycles. The molecule has 24 heavy (non-hydrogen) atoms. The summed E-state index contributed by atoms with van der Waals surface area (Å²) in [7, 11) is -1.84. The first-order valence-electron chi connectivity index (χ1n) is 8.58. The Kier molecular flexibility index (Phi) is 4.59. The second-order valence-corrected chi connectivity index (χ2v) is 13.0. The zero-order valence-corrected chi connectivity index (χ0v) is 16.2. The Morgan fingerprint density at radius 1 is 1.33 bits per heavy atom. The Hall–Kier alpha value is -1.21. The highest BCUT2D eigenvalue weighted by atomic mass is 28.4. The summed E-state index contributed by atoms with van der Waals surface area (Å²) in [5, 5.41) is 10.6. The lowest BCUT2D eigenvalue weighted by molar-refractivity contribution is -0.0403. The molecule has 5 nitrogen and oxygen atoms in total. The number of hydrogen-bond acceptors (Lipinski definition) is 4. The van der Waals surface area contributed by atoms with Crippen molar-refractivity contribution in [2.24, 2.45) is 0 Å². The third-order valence-electron chi connectivity index (χ3n) is 5.41. The van der Waals surface area contributed by atoms with Gasteiger partial charge >= 0.3 is 0 Å². The van der Waals surface area contributed by atoms with E-state index in [9.17, 15) is 5.11 Å². The van der Waals surface area contributed by atoms with Gasteiger partial charge in [-0.1, -0.05) is 32.9 Å². The van der Waals surface area contributed by atoms with Crippen molar-refractivity contribution in [3.63, 3.8) is 0 Å². The maximum atomic E-state index is 10.4. The number of rotatable bonds is 4. The molecule has 0 bridgehead atoms. The van der Waals surface area contributed by atoms with Crippen molar-refractivity contribution in [3.05, 3.63) is 30.6 Å². The zero-order valence-electron chi connectivity index (χ0n) is 15.2. The number of para-hydroxylation sites is 2. The fourth-order valence-corrected chi connectivity index (χ4v) is 3.76. The largest absolute Gasteiger partial charge is 0.414 e. The van der Waals surface area contributed by atoms with Crippen molar-refractivity contribution in [1.82, 2.24) is 9.55 Å². The molecule has 1 N–H and O–H groups in total. The molecule has 0 amide bonds. The Morgan fingerprint density at radius 3 is 2.75 bits per heavy atom. The maximum Gasteiger partial charge on any atom is 0.192 e. The molecular weight excluding hydrogens is 320 g/mol. The van der Waals surface area contributed by atoms with Gasteiger partial charge in [0, 0.05) is 6.42 Å². The molecule has 1 aromatic carbocycles. The van der Waals surface area contributed by atoms with Gasteiger partial charge in [-0.15, -0.1) is 0 Å². The van der Waals surface area contributed by atoms with E-state index in [0.717, 1.165) is 11.0 Å². The van der Waals surface area contributed by atoms with Crippen LogP contribution in [0.3, 0.4) is 0 Å². The molecular formula is C18H28N2O3Si. The van der Waals surface area contributed by atoms with Crippen molar-refractivity contribution in [3.8, 4) is 0 Å². The SMILES string of the molecule is CC(C)(C)[Si](C)(C)OC[C@H]1O[C@H](n2cnc3ccccc32)C[C@@H]1O. The number of imidazole rings is 1. The van der Waals surface area contributed by atoms with Crippen LogP contribution in [-0.2, 0) is 9.16 Å². The molecule has 1 aliphatic rings. The lowest BCUT2D eigenvalue weighted by Gasteiger charge is -2.37. The van der Waals surface area contributed by atoms with Crippen LogP contribution >= 0.6 is 0 Å². The predicted molar refractivity (Wildman–Crippen MR) is 97.4 cm³/mol. The zero-order chi connectivity index (χ0) is 17.5. The van der Waals surface area contributed by atoms with E-state index in [4.69, 9.17) is 9.16 Å². The third kappa shape index (κ3) is 3.28. The molecule has 3 rings (SSSR count). The van der Waals surface area contributed by atoms with Crippen LogP contribution < -0.4 is 0 Å². The van der Waals surface area contributed by atoms with E-state index in [-0.39, 0.29) is 17.4 Å². The summed E-state index contributed by atoms with van der Waals surface area (Å²) < 4.78 is 14.3. The van der Waals surface area contributed by atoms with Crippen LogP contribution in [0.2, 0.25) is 18.1 Å². The molecule has 1 aliphatic heterocycles. The molecule has 1 fully saturated rings. The van der Waals surface area contributed by atoms with Gasteiger partial charge in [0.2, 0.25) is 0 Å². The number of fused-ring (bicyclic) bond motifs is 1. The summed E-state index contributed by atoms with van der Waals surface area (Å²) in [5.41, 5.74) is 1.97. The van der Waals surface area contributed by atoms with E-state index in [0.29, 0.717) is 13.0 Å². The fraction of sp³-hybridized carbons (Fsp3) is 0.611. The molecule has 0 unspecified atom stereocenters. The van der Waals surface area contributed by atoms with E-state index in [1.807, 2.05) is 28.8 Å². The molecule has 0 spiro atoms. The summed E-state index contributed by atoms with van der Waals surface area (Å²) in [6, 6.07) is 7.97. The minimum Gasteiger partial charge on any atom is -0.414 e.